The van der Waals surface area contributed by atoms with E-state index in [1.807, 2.05) is 23.0 Å². The van der Waals surface area contributed by atoms with Crippen LogP contribution < -0.4 is 0 Å². The molecule has 0 radical (unpaired) electrons. The number of benzene rings is 1. The summed E-state index contributed by atoms with van der Waals surface area (Å²) in [5.74, 6) is -1.19. The quantitative estimate of drug-likeness (QED) is 0.678. The van der Waals surface area contributed by atoms with Gasteiger partial charge in [0.15, 0.2) is 0 Å². The zero-order valence-electron chi connectivity index (χ0n) is 13.1. The maximum absolute atomic E-state index is 14.3. The van der Waals surface area contributed by atoms with E-state index in [1.54, 1.807) is 12.4 Å². The topological polar surface area (TPSA) is 30.7 Å². The maximum Gasteiger partial charge on any atom is 0.135 e. The molecule has 0 bridgehead atoms. The van der Waals surface area contributed by atoms with Crippen LogP contribution in [0.3, 0.4) is 0 Å². The van der Waals surface area contributed by atoms with Crippen molar-refractivity contribution in [2.24, 2.45) is 0 Å². The summed E-state index contributed by atoms with van der Waals surface area (Å²) in [5.41, 5.74) is 1.87. The molecule has 0 atom stereocenters. The van der Waals surface area contributed by atoms with Crippen LogP contribution in [0.5, 0.6) is 0 Å². The van der Waals surface area contributed by atoms with Gasteiger partial charge < -0.3 is 0 Å². The predicted octanol–water partition coefficient (Wildman–Crippen LogP) is 5.01. The molecule has 0 spiro atoms. The van der Waals surface area contributed by atoms with Crippen molar-refractivity contribution in [2.45, 2.75) is 31.7 Å². The third-order valence-corrected chi connectivity index (χ3v) is 4.62. The molecule has 2 aromatic heterocycles. The van der Waals surface area contributed by atoms with Crippen LogP contribution in [-0.2, 0) is 0 Å². The molecule has 0 N–H and O–H groups in total. The van der Waals surface area contributed by atoms with Crippen molar-refractivity contribution >= 4 is 0 Å². The molecule has 24 heavy (non-hydrogen) atoms. The summed E-state index contributed by atoms with van der Waals surface area (Å²) in [5, 5.41) is 4.58. The second-order valence-corrected chi connectivity index (χ2v) is 6.14. The highest BCUT2D eigenvalue weighted by Crippen LogP contribution is 2.37. The summed E-state index contributed by atoms with van der Waals surface area (Å²) in [4.78, 5) is 4.02. The van der Waals surface area contributed by atoms with E-state index in [1.165, 1.54) is 31.0 Å². The first kappa shape index (κ1) is 15.0. The Kier molecular flexibility index (Phi) is 3.84. The number of nitrogens with zero attached hydrogens (tertiary/aromatic N) is 3. The van der Waals surface area contributed by atoms with Crippen molar-refractivity contribution in [1.29, 1.82) is 0 Å². The Labute approximate surface area is 139 Å². The fourth-order valence-corrected chi connectivity index (χ4v) is 3.40. The van der Waals surface area contributed by atoms with Gasteiger partial charge >= 0.3 is 0 Å². The summed E-state index contributed by atoms with van der Waals surface area (Å²) in [6.07, 6.45) is 9.68. The zero-order chi connectivity index (χ0) is 16.5. The molecule has 3 aromatic rings. The van der Waals surface area contributed by atoms with Crippen LogP contribution in [0.15, 0.2) is 48.9 Å². The Balaban J connectivity index is 1.91. The third-order valence-electron chi connectivity index (χ3n) is 4.62. The molecule has 2 heterocycles. The number of pyridine rings is 1. The molecule has 1 fully saturated rings. The van der Waals surface area contributed by atoms with Crippen LogP contribution in [0, 0.1) is 11.6 Å². The highest BCUT2D eigenvalue weighted by Gasteiger charge is 2.24. The van der Waals surface area contributed by atoms with Crippen LogP contribution in [0.4, 0.5) is 8.78 Å². The Bertz CT molecular complexity index is 832. The Morgan fingerprint density at radius 3 is 2.29 bits per heavy atom. The highest BCUT2D eigenvalue weighted by molar-refractivity contribution is 5.80. The average molecular weight is 325 g/mol. The van der Waals surface area contributed by atoms with E-state index in [0.29, 0.717) is 11.7 Å². The first-order valence-corrected chi connectivity index (χ1v) is 8.18. The van der Waals surface area contributed by atoms with Crippen molar-refractivity contribution in [1.82, 2.24) is 14.8 Å². The van der Waals surface area contributed by atoms with Gasteiger partial charge in [-0.2, -0.15) is 5.10 Å². The molecule has 1 aromatic carbocycles. The number of hydrogen-bond donors (Lipinski definition) is 0. The molecule has 4 rings (SSSR count). The summed E-state index contributed by atoms with van der Waals surface area (Å²) >= 11 is 0. The fourth-order valence-electron chi connectivity index (χ4n) is 3.40. The molecule has 0 unspecified atom stereocenters. The highest BCUT2D eigenvalue weighted by atomic mass is 19.1. The van der Waals surface area contributed by atoms with Gasteiger partial charge in [0, 0.05) is 24.2 Å². The monoisotopic (exact) mass is 325 g/mol. The number of rotatable bonds is 3. The SMILES string of the molecule is Fc1cccc(F)c1-c1nn(C2CCCC2)cc1-c1ccncc1. The summed E-state index contributed by atoms with van der Waals surface area (Å²) in [7, 11) is 0. The smallest absolute Gasteiger partial charge is 0.135 e. The second-order valence-electron chi connectivity index (χ2n) is 6.14. The van der Waals surface area contributed by atoms with Crippen LogP contribution in [0.1, 0.15) is 31.7 Å². The van der Waals surface area contributed by atoms with Gasteiger partial charge in [0.25, 0.3) is 0 Å². The molecule has 0 aliphatic heterocycles. The molecule has 1 aliphatic carbocycles. The first-order chi connectivity index (χ1) is 11.7. The van der Waals surface area contributed by atoms with Gasteiger partial charge in [0.2, 0.25) is 0 Å². The van der Waals surface area contributed by atoms with Gasteiger partial charge in [0.05, 0.1) is 11.6 Å². The molecule has 0 saturated heterocycles. The third kappa shape index (κ3) is 2.60. The molecule has 122 valence electrons. The average Bonchev–Trinajstić information content (AvgIpc) is 3.25. The van der Waals surface area contributed by atoms with Gasteiger partial charge in [-0.1, -0.05) is 18.9 Å². The standard InChI is InChI=1S/C19H17F2N3/c20-16-6-3-7-17(21)18(16)19-15(13-8-10-22-11-9-13)12-24(23-19)14-4-1-2-5-14/h3,6-12,14H,1-2,4-5H2. The van der Waals surface area contributed by atoms with E-state index in [-0.39, 0.29) is 5.56 Å². The molecule has 0 amide bonds. The van der Waals surface area contributed by atoms with Gasteiger partial charge in [-0.3, -0.25) is 9.67 Å². The van der Waals surface area contributed by atoms with Crippen molar-refractivity contribution in [3.63, 3.8) is 0 Å². The zero-order valence-corrected chi connectivity index (χ0v) is 13.1. The maximum atomic E-state index is 14.3. The van der Waals surface area contributed by atoms with E-state index in [4.69, 9.17) is 0 Å². The minimum atomic E-state index is -0.595. The molecule has 1 saturated carbocycles. The Morgan fingerprint density at radius 1 is 0.958 bits per heavy atom. The van der Waals surface area contributed by atoms with Crippen molar-refractivity contribution in [3.8, 4) is 22.4 Å². The lowest BCUT2D eigenvalue weighted by atomic mass is 10.0. The van der Waals surface area contributed by atoms with Crippen molar-refractivity contribution in [3.05, 3.63) is 60.6 Å². The summed E-state index contributed by atoms with van der Waals surface area (Å²) < 4.78 is 30.5. The summed E-state index contributed by atoms with van der Waals surface area (Å²) in [6.45, 7) is 0. The van der Waals surface area contributed by atoms with Crippen LogP contribution in [-0.4, -0.2) is 14.8 Å². The van der Waals surface area contributed by atoms with Gasteiger partial charge in [-0.05, 0) is 42.7 Å². The molecular weight excluding hydrogens is 308 g/mol. The lowest BCUT2D eigenvalue weighted by Gasteiger charge is -2.09. The van der Waals surface area contributed by atoms with E-state index in [9.17, 15) is 8.78 Å². The normalized spacial score (nSPS) is 15.1. The van der Waals surface area contributed by atoms with Gasteiger partial charge in [0.1, 0.15) is 17.3 Å². The van der Waals surface area contributed by atoms with Gasteiger partial charge in [-0.25, -0.2) is 8.78 Å². The van der Waals surface area contributed by atoms with Crippen LogP contribution in [0.25, 0.3) is 22.4 Å². The van der Waals surface area contributed by atoms with E-state index >= 15 is 0 Å². The van der Waals surface area contributed by atoms with Crippen LogP contribution in [0.2, 0.25) is 0 Å². The van der Waals surface area contributed by atoms with Crippen molar-refractivity contribution in [2.75, 3.05) is 0 Å². The minimum absolute atomic E-state index is 0.0685. The molecule has 3 nitrogen and oxygen atoms in total. The largest absolute Gasteiger partial charge is 0.268 e. The van der Waals surface area contributed by atoms with E-state index in [0.717, 1.165) is 24.0 Å². The molecule has 1 aliphatic rings. The second kappa shape index (κ2) is 6.15. The number of hydrogen-bond acceptors (Lipinski definition) is 2. The van der Waals surface area contributed by atoms with E-state index < -0.39 is 11.6 Å². The lowest BCUT2D eigenvalue weighted by molar-refractivity contribution is 0.467. The van der Waals surface area contributed by atoms with Gasteiger partial charge in [-0.15, -0.1) is 0 Å². The predicted molar refractivity (Wildman–Crippen MR) is 88.3 cm³/mol. The Morgan fingerprint density at radius 2 is 1.62 bits per heavy atom. The lowest BCUT2D eigenvalue weighted by Crippen LogP contribution is -2.05. The van der Waals surface area contributed by atoms with E-state index in [2.05, 4.69) is 10.1 Å². The Hall–Kier alpha value is -2.56. The number of halogens is 2. The number of aromatic nitrogens is 3. The minimum Gasteiger partial charge on any atom is -0.268 e. The molecule has 5 heteroatoms. The molecular formula is C19H17F2N3. The first-order valence-electron chi connectivity index (χ1n) is 8.18. The van der Waals surface area contributed by atoms with Crippen molar-refractivity contribution < 1.29 is 8.78 Å². The van der Waals surface area contributed by atoms with Crippen LogP contribution >= 0.6 is 0 Å². The fraction of sp³-hybridized carbons (Fsp3) is 0.263. The summed E-state index contributed by atoms with van der Waals surface area (Å²) in [6, 6.07) is 7.87.